The van der Waals surface area contributed by atoms with E-state index in [1.807, 2.05) is 60.7 Å². The van der Waals surface area contributed by atoms with Crippen molar-refractivity contribution in [3.63, 3.8) is 0 Å². The Kier molecular flexibility index (Phi) is 8.40. The number of benzene rings is 3. The van der Waals surface area contributed by atoms with Crippen LogP contribution in [0.15, 0.2) is 97.1 Å². The maximum atomic E-state index is 12.4. The highest BCUT2D eigenvalue weighted by atomic mass is 16.6. The molecule has 0 saturated carbocycles. The quantitative estimate of drug-likeness (QED) is 0.344. The Morgan fingerprint density at radius 2 is 1.28 bits per heavy atom. The third-order valence-corrected chi connectivity index (χ3v) is 4.55. The van der Waals surface area contributed by atoms with E-state index < -0.39 is 18.0 Å². The molecule has 0 aliphatic rings. The number of ether oxygens (including phenoxy) is 3. The van der Waals surface area contributed by atoms with Crippen molar-refractivity contribution in [1.29, 1.82) is 0 Å². The molecular formula is C27H24O5. The third kappa shape index (κ3) is 7.29. The number of methoxy groups -OCH3 is 1. The molecule has 5 nitrogen and oxygen atoms in total. The molecule has 0 bridgehead atoms. The van der Waals surface area contributed by atoms with Crippen LogP contribution in [0.4, 0.5) is 0 Å². The van der Waals surface area contributed by atoms with Gasteiger partial charge in [0.05, 0.1) is 7.11 Å². The van der Waals surface area contributed by atoms with Crippen LogP contribution in [0.1, 0.15) is 22.8 Å². The minimum Gasteiger partial charge on any atom is -0.497 e. The lowest BCUT2D eigenvalue weighted by molar-refractivity contribution is -0.153. The summed E-state index contributed by atoms with van der Waals surface area (Å²) in [4.78, 5) is 24.6. The van der Waals surface area contributed by atoms with Crippen molar-refractivity contribution in [2.75, 3.05) is 13.7 Å². The standard InChI is InChI=1S/C27H24O5/c1-30-24-16-14-23(15-17-24)25(32-27(29)19-13-22-10-6-3-7-11-22)20-31-26(28)18-12-21-8-4-2-5-9-21/h2-19,25H,20H2,1H3/b18-12+,19-13+/t25-/m1/s1. The van der Waals surface area contributed by atoms with E-state index in [0.717, 1.165) is 11.1 Å². The predicted octanol–water partition coefficient (Wildman–Crippen LogP) is 5.25. The van der Waals surface area contributed by atoms with Crippen LogP contribution in [0.2, 0.25) is 0 Å². The van der Waals surface area contributed by atoms with Gasteiger partial charge >= 0.3 is 11.9 Å². The molecule has 0 heterocycles. The zero-order valence-corrected chi connectivity index (χ0v) is 17.7. The second-order valence-electron chi connectivity index (χ2n) is 6.82. The maximum absolute atomic E-state index is 12.4. The van der Waals surface area contributed by atoms with Crippen molar-refractivity contribution in [2.45, 2.75) is 6.10 Å². The van der Waals surface area contributed by atoms with Gasteiger partial charge in [-0.25, -0.2) is 9.59 Å². The molecule has 32 heavy (non-hydrogen) atoms. The van der Waals surface area contributed by atoms with Crippen molar-refractivity contribution >= 4 is 24.1 Å². The lowest BCUT2D eigenvalue weighted by Gasteiger charge is -2.17. The normalized spacial score (nSPS) is 11.9. The number of rotatable bonds is 9. The molecule has 162 valence electrons. The fourth-order valence-electron chi connectivity index (χ4n) is 2.86. The van der Waals surface area contributed by atoms with Gasteiger partial charge in [0.1, 0.15) is 12.4 Å². The van der Waals surface area contributed by atoms with Crippen molar-refractivity contribution in [3.05, 3.63) is 114 Å². The van der Waals surface area contributed by atoms with Gasteiger partial charge in [-0.3, -0.25) is 0 Å². The number of esters is 2. The molecule has 3 rings (SSSR count). The summed E-state index contributed by atoms with van der Waals surface area (Å²) in [6.07, 6.45) is 5.27. The van der Waals surface area contributed by atoms with Gasteiger partial charge in [0.2, 0.25) is 0 Å². The lowest BCUT2D eigenvalue weighted by Crippen LogP contribution is -2.17. The second kappa shape index (κ2) is 11.9. The summed E-state index contributed by atoms with van der Waals surface area (Å²) in [7, 11) is 1.57. The van der Waals surface area contributed by atoms with E-state index in [2.05, 4.69) is 0 Å². The molecule has 0 N–H and O–H groups in total. The smallest absolute Gasteiger partial charge is 0.331 e. The van der Waals surface area contributed by atoms with Gasteiger partial charge in [0.25, 0.3) is 0 Å². The summed E-state index contributed by atoms with van der Waals surface area (Å²) in [5.74, 6) is -0.389. The molecule has 3 aromatic rings. The Hall–Kier alpha value is -4.12. The number of carbonyl (C=O) groups excluding carboxylic acids is 2. The molecule has 0 amide bonds. The lowest BCUT2D eigenvalue weighted by atomic mass is 10.1. The van der Waals surface area contributed by atoms with E-state index in [1.54, 1.807) is 43.5 Å². The van der Waals surface area contributed by atoms with Crippen molar-refractivity contribution in [3.8, 4) is 5.75 Å². The molecular weight excluding hydrogens is 404 g/mol. The van der Waals surface area contributed by atoms with Crippen LogP contribution in [-0.2, 0) is 19.1 Å². The topological polar surface area (TPSA) is 61.8 Å². The monoisotopic (exact) mass is 428 g/mol. The Labute approximate surface area is 187 Å². The van der Waals surface area contributed by atoms with Gasteiger partial charge < -0.3 is 14.2 Å². The highest BCUT2D eigenvalue weighted by Gasteiger charge is 2.18. The largest absolute Gasteiger partial charge is 0.497 e. The Morgan fingerprint density at radius 3 is 1.81 bits per heavy atom. The van der Waals surface area contributed by atoms with Gasteiger partial charge in [-0.05, 0) is 41.0 Å². The number of carbonyl (C=O) groups is 2. The first-order valence-corrected chi connectivity index (χ1v) is 10.1. The summed E-state index contributed by atoms with van der Waals surface area (Å²) < 4.78 is 16.1. The first kappa shape index (κ1) is 22.6. The van der Waals surface area contributed by atoms with E-state index in [9.17, 15) is 9.59 Å². The molecule has 0 fully saturated rings. The summed E-state index contributed by atoms with van der Waals surface area (Å²) in [6.45, 7) is -0.116. The molecule has 0 aliphatic carbocycles. The average molecular weight is 428 g/mol. The Bertz CT molecular complexity index is 1050. The molecule has 0 aromatic heterocycles. The Balaban J connectivity index is 1.66. The fraction of sp³-hybridized carbons (Fsp3) is 0.111. The van der Waals surface area contributed by atoms with Crippen LogP contribution < -0.4 is 4.74 Å². The van der Waals surface area contributed by atoms with E-state index in [0.29, 0.717) is 11.3 Å². The van der Waals surface area contributed by atoms with Gasteiger partial charge in [0, 0.05) is 12.2 Å². The van der Waals surface area contributed by atoms with E-state index >= 15 is 0 Å². The predicted molar refractivity (Wildman–Crippen MR) is 124 cm³/mol. The van der Waals surface area contributed by atoms with Crippen LogP contribution in [0.5, 0.6) is 5.75 Å². The summed E-state index contributed by atoms with van der Waals surface area (Å²) in [5, 5.41) is 0. The highest BCUT2D eigenvalue weighted by Crippen LogP contribution is 2.22. The van der Waals surface area contributed by atoms with Gasteiger partial charge in [-0.1, -0.05) is 72.8 Å². The van der Waals surface area contributed by atoms with Gasteiger partial charge in [-0.2, -0.15) is 0 Å². The first-order valence-electron chi connectivity index (χ1n) is 10.1. The van der Waals surface area contributed by atoms with Crippen LogP contribution in [0, 0.1) is 0 Å². The molecule has 0 spiro atoms. The zero-order chi connectivity index (χ0) is 22.6. The molecule has 0 saturated heterocycles. The molecule has 5 heteroatoms. The molecule has 0 aliphatic heterocycles. The number of hydrogen-bond donors (Lipinski definition) is 0. The molecule has 0 unspecified atom stereocenters. The van der Waals surface area contributed by atoms with Crippen LogP contribution >= 0.6 is 0 Å². The maximum Gasteiger partial charge on any atom is 0.331 e. The van der Waals surface area contributed by atoms with Crippen molar-refractivity contribution < 1.29 is 23.8 Å². The van der Waals surface area contributed by atoms with Crippen LogP contribution in [0.3, 0.4) is 0 Å². The zero-order valence-electron chi connectivity index (χ0n) is 17.7. The van der Waals surface area contributed by atoms with Crippen LogP contribution in [-0.4, -0.2) is 25.7 Å². The van der Waals surface area contributed by atoms with Gasteiger partial charge in [-0.15, -0.1) is 0 Å². The molecule has 0 radical (unpaired) electrons. The molecule has 1 atom stereocenters. The van der Waals surface area contributed by atoms with E-state index in [-0.39, 0.29) is 6.61 Å². The van der Waals surface area contributed by atoms with E-state index in [4.69, 9.17) is 14.2 Å². The Morgan fingerprint density at radius 1 is 0.750 bits per heavy atom. The highest BCUT2D eigenvalue weighted by molar-refractivity contribution is 5.88. The number of hydrogen-bond acceptors (Lipinski definition) is 5. The third-order valence-electron chi connectivity index (χ3n) is 4.55. The average Bonchev–Trinajstić information content (AvgIpc) is 2.85. The van der Waals surface area contributed by atoms with Crippen molar-refractivity contribution in [2.24, 2.45) is 0 Å². The molecule has 3 aromatic carbocycles. The van der Waals surface area contributed by atoms with E-state index in [1.165, 1.54) is 12.2 Å². The summed E-state index contributed by atoms with van der Waals surface area (Å²) in [5.41, 5.74) is 2.45. The summed E-state index contributed by atoms with van der Waals surface area (Å²) in [6, 6.07) is 25.9. The first-order chi connectivity index (χ1) is 15.6. The minimum atomic E-state index is -0.761. The second-order valence-corrected chi connectivity index (χ2v) is 6.82. The SMILES string of the molecule is COc1ccc([C@@H](COC(=O)/C=C/c2ccccc2)OC(=O)/C=C/c2ccccc2)cc1. The fourth-order valence-corrected chi connectivity index (χ4v) is 2.86. The van der Waals surface area contributed by atoms with Gasteiger partial charge in [0.15, 0.2) is 6.10 Å². The minimum absolute atomic E-state index is 0.116. The van der Waals surface area contributed by atoms with Crippen molar-refractivity contribution in [1.82, 2.24) is 0 Å². The summed E-state index contributed by atoms with van der Waals surface area (Å²) >= 11 is 0. The van der Waals surface area contributed by atoms with Crippen LogP contribution in [0.25, 0.3) is 12.2 Å².